The first-order valence-electron chi connectivity index (χ1n) is 9.98. The first-order valence-corrected chi connectivity index (χ1v) is 9.98. The van der Waals surface area contributed by atoms with E-state index in [4.69, 9.17) is 8.83 Å². The molecule has 4 aromatic rings. The number of carbonyl (C=O) groups is 2. The van der Waals surface area contributed by atoms with Crippen LogP contribution in [-0.2, 0) is 0 Å². The van der Waals surface area contributed by atoms with E-state index in [1.807, 2.05) is 24.3 Å². The molecule has 1 saturated carbocycles. The number of oxazole rings is 2. The Morgan fingerprint density at radius 2 is 1.23 bits per heavy atom. The molecule has 152 valence electrons. The van der Waals surface area contributed by atoms with Gasteiger partial charge in [-0.2, -0.15) is 0 Å². The van der Waals surface area contributed by atoms with Gasteiger partial charge in [-0.3, -0.25) is 9.59 Å². The highest BCUT2D eigenvalue weighted by molar-refractivity contribution is 5.93. The molecule has 2 atom stereocenters. The molecule has 30 heavy (non-hydrogen) atoms. The predicted molar refractivity (Wildman–Crippen MR) is 109 cm³/mol. The molecule has 2 unspecified atom stereocenters. The molecule has 1 fully saturated rings. The number of nitrogens with zero attached hydrogens (tertiary/aromatic N) is 2. The van der Waals surface area contributed by atoms with Crippen LogP contribution < -0.4 is 10.6 Å². The van der Waals surface area contributed by atoms with Crippen molar-refractivity contribution in [2.45, 2.75) is 37.8 Å². The molecule has 2 aromatic heterocycles. The van der Waals surface area contributed by atoms with Crippen molar-refractivity contribution in [1.82, 2.24) is 20.6 Å². The number of amides is 2. The maximum Gasteiger partial charge on any atom is 0.307 e. The molecule has 2 aromatic carbocycles. The fourth-order valence-corrected chi connectivity index (χ4v) is 3.88. The van der Waals surface area contributed by atoms with Crippen molar-refractivity contribution >= 4 is 34.0 Å². The minimum Gasteiger partial charge on any atom is -0.432 e. The monoisotopic (exact) mass is 404 g/mol. The molecule has 2 amide bonds. The van der Waals surface area contributed by atoms with Crippen LogP contribution in [0.4, 0.5) is 0 Å². The summed E-state index contributed by atoms with van der Waals surface area (Å²) in [4.78, 5) is 33.6. The molecule has 0 aliphatic heterocycles. The Morgan fingerprint density at radius 1 is 0.767 bits per heavy atom. The Bertz CT molecular complexity index is 1070. The molecular weight excluding hydrogens is 384 g/mol. The summed E-state index contributed by atoms with van der Waals surface area (Å²) >= 11 is 0. The second kappa shape index (κ2) is 7.62. The van der Waals surface area contributed by atoms with Crippen LogP contribution in [0.2, 0.25) is 0 Å². The summed E-state index contributed by atoms with van der Waals surface area (Å²) in [6.07, 6.45) is 3.18. The molecule has 5 rings (SSSR count). The zero-order valence-electron chi connectivity index (χ0n) is 16.1. The molecule has 1 aliphatic rings. The largest absolute Gasteiger partial charge is 0.432 e. The number of carbonyl (C=O) groups excluding carboxylic acids is 2. The van der Waals surface area contributed by atoms with Crippen LogP contribution in [0, 0.1) is 0 Å². The molecule has 2 N–H and O–H groups in total. The number of aromatic nitrogens is 2. The van der Waals surface area contributed by atoms with Crippen LogP contribution in [0.1, 0.15) is 47.1 Å². The van der Waals surface area contributed by atoms with E-state index in [0.29, 0.717) is 28.6 Å². The Kier molecular flexibility index (Phi) is 4.66. The Balaban J connectivity index is 1.22. The fraction of sp³-hybridized carbons (Fsp3) is 0.273. The third-order valence-corrected chi connectivity index (χ3v) is 5.32. The van der Waals surface area contributed by atoms with Crippen molar-refractivity contribution in [3.8, 4) is 0 Å². The molecule has 1 aliphatic carbocycles. The molecule has 8 heteroatoms. The minimum absolute atomic E-state index is 0.0498. The van der Waals surface area contributed by atoms with E-state index in [9.17, 15) is 9.59 Å². The maximum atomic E-state index is 12.6. The molecular formula is C22H20N4O4. The van der Waals surface area contributed by atoms with Gasteiger partial charge in [0.05, 0.1) is 0 Å². The fourth-order valence-electron chi connectivity index (χ4n) is 3.88. The number of fused-ring (bicyclic) bond motifs is 2. The van der Waals surface area contributed by atoms with E-state index >= 15 is 0 Å². The molecule has 8 nitrogen and oxygen atoms in total. The quantitative estimate of drug-likeness (QED) is 0.539. The van der Waals surface area contributed by atoms with Crippen LogP contribution in [0.5, 0.6) is 0 Å². The van der Waals surface area contributed by atoms with Gasteiger partial charge in [-0.25, -0.2) is 9.97 Å². The van der Waals surface area contributed by atoms with E-state index in [2.05, 4.69) is 20.6 Å². The average molecular weight is 404 g/mol. The van der Waals surface area contributed by atoms with Gasteiger partial charge in [0.15, 0.2) is 11.2 Å². The van der Waals surface area contributed by atoms with Gasteiger partial charge in [-0.05, 0) is 49.9 Å². The normalized spacial score (nSPS) is 19.1. The summed E-state index contributed by atoms with van der Waals surface area (Å²) in [6.45, 7) is 0. The van der Waals surface area contributed by atoms with Gasteiger partial charge in [-0.15, -0.1) is 0 Å². The number of hydrogen-bond donors (Lipinski definition) is 2. The highest BCUT2D eigenvalue weighted by Gasteiger charge is 2.27. The maximum absolute atomic E-state index is 12.6. The van der Waals surface area contributed by atoms with Gasteiger partial charge >= 0.3 is 11.8 Å². The standard InChI is InChI=1S/C22H20N4O4/c27-19(21-25-15-8-1-3-10-17(15)29-21)23-13-6-5-7-14(12-13)24-20(28)22-26-16-9-2-4-11-18(16)30-22/h1-4,8-11,13-14H,5-7,12H2,(H,23,27)(H,24,28). The lowest BCUT2D eigenvalue weighted by Gasteiger charge is -2.29. The topological polar surface area (TPSA) is 110 Å². The summed E-state index contributed by atoms with van der Waals surface area (Å²) in [6, 6.07) is 14.4. The van der Waals surface area contributed by atoms with E-state index < -0.39 is 0 Å². The first kappa shape index (κ1) is 18.4. The van der Waals surface area contributed by atoms with Gasteiger partial charge in [0, 0.05) is 12.1 Å². The molecule has 0 radical (unpaired) electrons. The molecule has 0 bridgehead atoms. The Labute approximate surface area is 171 Å². The summed E-state index contributed by atoms with van der Waals surface area (Å²) < 4.78 is 11.1. The molecule has 2 heterocycles. The minimum atomic E-state index is -0.345. The highest BCUT2D eigenvalue weighted by Crippen LogP contribution is 2.21. The number of para-hydroxylation sites is 4. The second-order valence-electron chi connectivity index (χ2n) is 7.48. The summed E-state index contributed by atoms with van der Waals surface area (Å²) in [5.74, 6) is -0.591. The van der Waals surface area contributed by atoms with Gasteiger partial charge in [0.1, 0.15) is 11.0 Å². The lowest BCUT2D eigenvalue weighted by Crippen LogP contribution is -2.45. The van der Waals surface area contributed by atoms with Crippen molar-refractivity contribution < 1.29 is 18.4 Å². The average Bonchev–Trinajstić information content (AvgIpc) is 3.38. The number of hydrogen-bond acceptors (Lipinski definition) is 6. The third-order valence-electron chi connectivity index (χ3n) is 5.32. The van der Waals surface area contributed by atoms with E-state index in [-0.39, 0.29) is 35.7 Å². The number of benzene rings is 2. The summed E-state index contributed by atoms with van der Waals surface area (Å²) in [5, 5.41) is 5.95. The number of nitrogens with one attached hydrogen (secondary N) is 2. The summed E-state index contributed by atoms with van der Waals surface area (Å²) in [5.41, 5.74) is 2.45. The van der Waals surface area contributed by atoms with E-state index in [1.54, 1.807) is 24.3 Å². The van der Waals surface area contributed by atoms with Crippen LogP contribution in [0.25, 0.3) is 22.2 Å². The van der Waals surface area contributed by atoms with Crippen molar-refractivity contribution in [2.24, 2.45) is 0 Å². The first-order chi connectivity index (χ1) is 14.7. The lowest BCUT2D eigenvalue weighted by atomic mass is 9.91. The third kappa shape index (κ3) is 3.63. The second-order valence-corrected chi connectivity index (χ2v) is 7.48. The zero-order valence-corrected chi connectivity index (χ0v) is 16.1. The smallest absolute Gasteiger partial charge is 0.307 e. The van der Waals surface area contributed by atoms with Crippen molar-refractivity contribution in [3.05, 3.63) is 60.3 Å². The van der Waals surface area contributed by atoms with Gasteiger partial charge < -0.3 is 19.5 Å². The van der Waals surface area contributed by atoms with Gasteiger partial charge in [0.25, 0.3) is 11.8 Å². The Morgan fingerprint density at radius 3 is 1.70 bits per heavy atom. The van der Waals surface area contributed by atoms with Crippen molar-refractivity contribution in [1.29, 1.82) is 0 Å². The van der Waals surface area contributed by atoms with Crippen LogP contribution in [0.15, 0.2) is 57.4 Å². The van der Waals surface area contributed by atoms with Crippen molar-refractivity contribution in [2.75, 3.05) is 0 Å². The predicted octanol–water partition coefficient (Wildman–Crippen LogP) is 3.44. The highest BCUT2D eigenvalue weighted by atomic mass is 16.4. The van der Waals surface area contributed by atoms with Crippen molar-refractivity contribution in [3.63, 3.8) is 0 Å². The van der Waals surface area contributed by atoms with Crippen LogP contribution in [0.3, 0.4) is 0 Å². The summed E-state index contributed by atoms with van der Waals surface area (Å²) in [7, 11) is 0. The molecule has 0 saturated heterocycles. The number of rotatable bonds is 4. The van der Waals surface area contributed by atoms with Gasteiger partial charge in [0.2, 0.25) is 0 Å². The van der Waals surface area contributed by atoms with Gasteiger partial charge in [-0.1, -0.05) is 24.3 Å². The van der Waals surface area contributed by atoms with E-state index in [1.165, 1.54) is 0 Å². The zero-order chi connectivity index (χ0) is 20.5. The van der Waals surface area contributed by atoms with Crippen LogP contribution >= 0.6 is 0 Å². The lowest BCUT2D eigenvalue weighted by molar-refractivity contribution is 0.0868. The SMILES string of the molecule is O=C(NC1CCCC(NC(=O)c2nc3ccccc3o2)C1)c1nc2ccccc2o1. The van der Waals surface area contributed by atoms with Crippen LogP contribution in [-0.4, -0.2) is 33.9 Å². The Hall–Kier alpha value is -3.68. The van der Waals surface area contributed by atoms with E-state index in [0.717, 1.165) is 19.3 Å². The molecule has 0 spiro atoms.